The first-order chi connectivity index (χ1) is 7.64. The number of nitrogens with zero attached hydrogens (tertiary/aromatic N) is 1. The molecule has 1 unspecified atom stereocenters. The summed E-state index contributed by atoms with van der Waals surface area (Å²) in [6.07, 6.45) is 1.34. The molecule has 0 amide bonds. The SMILES string of the molecule is CC(C)(C)C(CC(=O)O)N1CCCCS1(=O)=O. The maximum atomic E-state index is 12.0. The van der Waals surface area contributed by atoms with Gasteiger partial charge in [0.2, 0.25) is 10.0 Å². The van der Waals surface area contributed by atoms with E-state index in [1.165, 1.54) is 4.31 Å². The molecule has 0 aliphatic carbocycles. The van der Waals surface area contributed by atoms with Crippen LogP contribution in [0, 0.1) is 5.41 Å². The number of hydrogen-bond acceptors (Lipinski definition) is 3. The third kappa shape index (κ3) is 3.67. The van der Waals surface area contributed by atoms with E-state index in [2.05, 4.69) is 0 Å². The van der Waals surface area contributed by atoms with Crippen molar-refractivity contribution < 1.29 is 18.3 Å². The Morgan fingerprint density at radius 3 is 2.35 bits per heavy atom. The summed E-state index contributed by atoms with van der Waals surface area (Å²) in [5, 5.41) is 8.93. The standard InChI is InChI=1S/C11H21NO4S/c1-11(2,3)9(8-10(13)14)12-6-4-5-7-17(12,15)16/h9H,4-8H2,1-3H3,(H,13,14). The van der Waals surface area contributed by atoms with Crippen LogP contribution in [0.4, 0.5) is 0 Å². The predicted molar refractivity (Wildman–Crippen MR) is 65.2 cm³/mol. The first kappa shape index (κ1) is 14.4. The van der Waals surface area contributed by atoms with Crippen LogP contribution >= 0.6 is 0 Å². The lowest BCUT2D eigenvalue weighted by molar-refractivity contribution is -0.139. The maximum absolute atomic E-state index is 12.0. The van der Waals surface area contributed by atoms with E-state index in [0.717, 1.165) is 6.42 Å². The molecule has 1 N–H and O–H groups in total. The summed E-state index contributed by atoms with van der Waals surface area (Å²) in [5.41, 5.74) is -0.372. The molecule has 0 aromatic carbocycles. The molecule has 1 aliphatic heterocycles. The van der Waals surface area contributed by atoms with Gasteiger partial charge < -0.3 is 5.11 Å². The minimum atomic E-state index is -3.28. The van der Waals surface area contributed by atoms with Crippen molar-refractivity contribution in [1.82, 2.24) is 4.31 Å². The number of carbonyl (C=O) groups is 1. The van der Waals surface area contributed by atoms with Gasteiger partial charge in [0.05, 0.1) is 12.2 Å². The Morgan fingerprint density at radius 2 is 1.94 bits per heavy atom. The fourth-order valence-corrected chi connectivity index (χ4v) is 4.15. The number of carboxylic acids is 1. The third-order valence-electron chi connectivity index (χ3n) is 3.10. The van der Waals surface area contributed by atoms with E-state index in [4.69, 9.17) is 5.11 Å². The van der Waals surface area contributed by atoms with Crippen LogP contribution in [0.25, 0.3) is 0 Å². The fourth-order valence-electron chi connectivity index (χ4n) is 2.16. The number of aliphatic carboxylic acids is 1. The molecular weight excluding hydrogens is 242 g/mol. The highest BCUT2D eigenvalue weighted by Gasteiger charge is 2.39. The molecule has 5 nitrogen and oxygen atoms in total. The summed E-state index contributed by atoms with van der Waals surface area (Å²) in [7, 11) is -3.28. The van der Waals surface area contributed by atoms with Gasteiger partial charge in [-0.05, 0) is 18.3 Å². The number of carboxylic acid groups (broad SMARTS) is 1. The molecule has 0 spiro atoms. The summed E-state index contributed by atoms with van der Waals surface area (Å²) in [4.78, 5) is 10.9. The van der Waals surface area contributed by atoms with Gasteiger partial charge >= 0.3 is 5.97 Å². The Labute approximate surface area is 103 Å². The quantitative estimate of drug-likeness (QED) is 0.833. The minimum absolute atomic E-state index is 0.136. The normalized spacial score (nSPS) is 23.2. The van der Waals surface area contributed by atoms with Crippen LogP contribution in [-0.4, -0.2) is 42.1 Å². The van der Waals surface area contributed by atoms with Gasteiger partial charge in [0.15, 0.2) is 0 Å². The molecule has 1 heterocycles. The molecule has 1 saturated heterocycles. The Kier molecular flexibility index (Phi) is 4.19. The topological polar surface area (TPSA) is 74.7 Å². The minimum Gasteiger partial charge on any atom is -0.481 e. The molecule has 0 saturated carbocycles. The molecular formula is C11H21NO4S. The zero-order valence-electron chi connectivity index (χ0n) is 10.6. The van der Waals surface area contributed by atoms with Crippen molar-refractivity contribution in [3.63, 3.8) is 0 Å². The highest BCUT2D eigenvalue weighted by atomic mass is 32.2. The fraction of sp³-hybridized carbons (Fsp3) is 0.909. The predicted octanol–water partition coefficient (Wildman–Crippen LogP) is 1.30. The van der Waals surface area contributed by atoms with Gasteiger partial charge in [0, 0.05) is 12.6 Å². The molecule has 1 fully saturated rings. The van der Waals surface area contributed by atoms with Crippen LogP contribution in [0.15, 0.2) is 0 Å². The van der Waals surface area contributed by atoms with Crippen molar-refractivity contribution in [2.45, 2.75) is 46.1 Å². The Hall–Kier alpha value is -0.620. The zero-order chi connectivity index (χ0) is 13.3. The van der Waals surface area contributed by atoms with E-state index < -0.39 is 22.0 Å². The van der Waals surface area contributed by atoms with E-state index in [-0.39, 0.29) is 17.6 Å². The summed E-state index contributed by atoms with van der Waals surface area (Å²) >= 11 is 0. The van der Waals surface area contributed by atoms with Crippen molar-refractivity contribution in [1.29, 1.82) is 0 Å². The molecule has 17 heavy (non-hydrogen) atoms. The summed E-state index contributed by atoms with van der Waals surface area (Å²) in [6, 6.07) is -0.467. The van der Waals surface area contributed by atoms with Crippen molar-refractivity contribution in [3.8, 4) is 0 Å². The van der Waals surface area contributed by atoms with Crippen LogP contribution in [0.2, 0.25) is 0 Å². The summed E-state index contributed by atoms with van der Waals surface area (Å²) < 4.78 is 25.4. The molecule has 1 aliphatic rings. The molecule has 0 aromatic heterocycles. The van der Waals surface area contributed by atoms with E-state index in [0.29, 0.717) is 13.0 Å². The Morgan fingerprint density at radius 1 is 1.35 bits per heavy atom. The molecule has 100 valence electrons. The third-order valence-corrected chi connectivity index (χ3v) is 5.06. The van der Waals surface area contributed by atoms with Crippen LogP contribution in [0.5, 0.6) is 0 Å². The van der Waals surface area contributed by atoms with Crippen molar-refractivity contribution in [3.05, 3.63) is 0 Å². The van der Waals surface area contributed by atoms with Gasteiger partial charge in [-0.1, -0.05) is 20.8 Å². The second-order valence-electron chi connectivity index (χ2n) is 5.61. The van der Waals surface area contributed by atoms with E-state index in [9.17, 15) is 13.2 Å². The number of rotatable bonds is 3. The monoisotopic (exact) mass is 263 g/mol. The average molecular weight is 263 g/mol. The largest absolute Gasteiger partial charge is 0.481 e. The van der Waals surface area contributed by atoms with Gasteiger partial charge in [0.1, 0.15) is 0 Å². The Balaban J connectivity index is 3.00. The van der Waals surface area contributed by atoms with Crippen LogP contribution in [-0.2, 0) is 14.8 Å². The van der Waals surface area contributed by atoms with E-state index in [1.54, 1.807) is 0 Å². The number of sulfonamides is 1. The van der Waals surface area contributed by atoms with Crippen molar-refractivity contribution in [2.75, 3.05) is 12.3 Å². The van der Waals surface area contributed by atoms with E-state index >= 15 is 0 Å². The first-order valence-corrected chi connectivity index (χ1v) is 7.47. The van der Waals surface area contributed by atoms with Gasteiger partial charge in [0.25, 0.3) is 0 Å². The smallest absolute Gasteiger partial charge is 0.304 e. The molecule has 0 radical (unpaired) electrons. The number of hydrogen-bond donors (Lipinski definition) is 1. The molecule has 1 atom stereocenters. The second-order valence-corrected chi connectivity index (χ2v) is 7.65. The zero-order valence-corrected chi connectivity index (χ0v) is 11.5. The van der Waals surface area contributed by atoms with Gasteiger partial charge in [-0.2, -0.15) is 4.31 Å². The van der Waals surface area contributed by atoms with Gasteiger partial charge in [-0.25, -0.2) is 8.42 Å². The van der Waals surface area contributed by atoms with E-state index in [1.807, 2.05) is 20.8 Å². The van der Waals surface area contributed by atoms with Crippen molar-refractivity contribution >= 4 is 16.0 Å². The second kappa shape index (κ2) is 4.94. The molecule has 1 rings (SSSR count). The average Bonchev–Trinajstić information content (AvgIpc) is 2.12. The lowest BCUT2D eigenvalue weighted by atomic mass is 9.84. The van der Waals surface area contributed by atoms with Crippen LogP contribution in [0.1, 0.15) is 40.0 Å². The molecule has 0 aromatic rings. The first-order valence-electron chi connectivity index (χ1n) is 5.86. The Bertz CT molecular complexity index is 383. The molecule has 0 bridgehead atoms. The highest BCUT2D eigenvalue weighted by Crippen LogP contribution is 2.31. The van der Waals surface area contributed by atoms with Gasteiger partial charge in [-0.3, -0.25) is 4.79 Å². The summed E-state index contributed by atoms with van der Waals surface area (Å²) in [5.74, 6) is -0.815. The maximum Gasteiger partial charge on any atom is 0.304 e. The van der Waals surface area contributed by atoms with Crippen LogP contribution < -0.4 is 0 Å². The molecule has 6 heteroatoms. The van der Waals surface area contributed by atoms with Crippen LogP contribution in [0.3, 0.4) is 0 Å². The van der Waals surface area contributed by atoms with Gasteiger partial charge in [-0.15, -0.1) is 0 Å². The lowest BCUT2D eigenvalue weighted by Crippen LogP contribution is -2.51. The highest BCUT2D eigenvalue weighted by molar-refractivity contribution is 7.89. The lowest BCUT2D eigenvalue weighted by Gasteiger charge is -2.40. The summed E-state index contributed by atoms with van der Waals surface area (Å²) in [6.45, 7) is 6.08. The van der Waals surface area contributed by atoms with Crippen molar-refractivity contribution in [2.24, 2.45) is 5.41 Å².